The summed E-state index contributed by atoms with van der Waals surface area (Å²) in [5.74, 6) is 2.27. The number of hydrogen-bond acceptors (Lipinski definition) is 4. The van der Waals surface area contributed by atoms with Gasteiger partial charge in [0.05, 0.1) is 5.75 Å². The zero-order valence-corrected chi connectivity index (χ0v) is 14.9. The van der Waals surface area contributed by atoms with Gasteiger partial charge in [-0.2, -0.15) is 0 Å². The van der Waals surface area contributed by atoms with Crippen LogP contribution in [0.4, 0.5) is 0 Å². The lowest BCUT2D eigenvalue weighted by Crippen LogP contribution is -2.43. The van der Waals surface area contributed by atoms with Gasteiger partial charge in [-0.3, -0.25) is 9.89 Å². The normalized spacial score (nSPS) is 15.9. The van der Waals surface area contributed by atoms with E-state index >= 15 is 0 Å². The molecule has 0 unspecified atom stereocenters. The van der Waals surface area contributed by atoms with E-state index in [1.165, 1.54) is 37.4 Å². The summed E-state index contributed by atoms with van der Waals surface area (Å²) in [7, 11) is 0. The molecule has 0 aliphatic heterocycles. The van der Waals surface area contributed by atoms with Gasteiger partial charge in [0.1, 0.15) is 5.82 Å². The quantitative estimate of drug-likeness (QED) is 0.782. The second-order valence-corrected chi connectivity index (χ2v) is 7.64. The Morgan fingerprint density at radius 1 is 1.27 bits per heavy atom. The third kappa shape index (κ3) is 4.73. The van der Waals surface area contributed by atoms with Gasteiger partial charge in [-0.25, -0.2) is 4.98 Å². The maximum atomic E-state index is 12.3. The molecule has 0 aromatic carbocycles. The minimum absolute atomic E-state index is 0.150. The first-order valence-electron chi connectivity index (χ1n) is 8.32. The SMILES string of the molecule is CC(C)N(C(=O)CSc1n[nH]c(CC2CCCC2)n1)C(C)C. The number of H-pyrrole nitrogens is 1. The van der Waals surface area contributed by atoms with Gasteiger partial charge in [0.25, 0.3) is 0 Å². The van der Waals surface area contributed by atoms with Crippen LogP contribution >= 0.6 is 11.8 Å². The molecule has 0 radical (unpaired) electrons. The molecule has 0 spiro atoms. The Kier molecular flexibility index (Phi) is 6.29. The molecule has 0 saturated heterocycles. The fraction of sp³-hybridized carbons (Fsp3) is 0.812. The van der Waals surface area contributed by atoms with E-state index in [0.717, 1.165) is 18.2 Å². The van der Waals surface area contributed by atoms with Crippen LogP contribution in [-0.2, 0) is 11.2 Å². The van der Waals surface area contributed by atoms with Crippen LogP contribution in [0.5, 0.6) is 0 Å². The van der Waals surface area contributed by atoms with Crippen LogP contribution in [0, 0.1) is 5.92 Å². The number of aromatic amines is 1. The van der Waals surface area contributed by atoms with Gasteiger partial charge < -0.3 is 4.90 Å². The number of hydrogen-bond donors (Lipinski definition) is 1. The molecule has 6 heteroatoms. The zero-order chi connectivity index (χ0) is 16.1. The summed E-state index contributed by atoms with van der Waals surface area (Å²) in [6.07, 6.45) is 6.29. The van der Waals surface area contributed by atoms with E-state index in [0.29, 0.717) is 10.9 Å². The molecule has 22 heavy (non-hydrogen) atoms. The summed E-state index contributed by atoms with van der Waals surface area (Å²) >= 11 is 1.43. The fourth-order valence-corrected chi connectivity index (χ4v) is 3.98. The minimum Gasteiger partial charge on any atom is -0.337 e. The molecule has 124 valence electrons. The van der Waals surface area contributed by atoms with Crippen LogP contribution in [0.1, 0.15) is 59.2 Å². The van der Waals surface area contributed by atoms with Crippen molar-refractivity contribution in [2.75, 3.05) is 5.75 Å². The van der Waals surface area contributed by atoms with E-state index in [1.807, 2.05) is 4.90 Å². The summed E-state index contributed by atoms with van der Waals surface area (Å²) in [5.41, 5.74) is 0. The number of nitrogens with zero attached hydrogens (tertiary/aromatic N) is 3. The molecular weight excluding hydrogens is 296 g/mol. The first kappa shape index (κ1) is 17.3. The molecule has 1 amide bonds. The van der Waals surface area contributed by atoms with Crippen LogP contribution in [-0.4, -0.2) is 43.8 Å². The monoisotopic (exact) mass is 324 g/mol. The molecule has 1 heterocycles. The molecule has 1 N–H and O–H groups in total. The summed E-state index contributed by atoms with van der Waals surface area (Å²) in [6, 6.07) is 0.441. The van der Waals surface area contributed by atoms with E-state index < -0.39 is 0 Å². The molecular formula is C16H28N4OS. The van der Waals surface area contributed by atoms with Crippen molar-refractivity contribution < 1.29 is 4.79 Å². The van der Waals surface area contributed by atoms with Crippen LogP contribution in [0.15, 0.2) is 5.16 Å². The van der Waals surface area contributed by atoms with E-state index in [9.17, 15) is 4.79 Å². The highest BCUT2D eigenvalue weighted by molar-refractivity contribution is 7.99. The summed E-state index contributed by atoms with van der Waals surface area (Å²) in [6.45, 7) is 8.20. The van der Waals surface area contributed by atoms with E-state index in [4.69, 9.17) is 0 Å². The maximum Gasteiger partial charge on any atom is 0.233 e. The van der Waals surface area contributed by atoms with Gasteiger partial charge in [-0.1, -0.05) is 37.4 Å². The lowest BCUT2D eigenvalue weighted by Gasteiger charge is -2.30. The first-order chi connectivity index (χ1) is 10.5. The number of carbonyl (C=O) groups is 1. The predicted octanol–water partition coefficient (Wildman–Crippen LogP) is 3.27. The second-order valence-electron chi connectivity index (χ2n) is 6.70. The van der Waals surface area contributed by atoms with Crippen LogP contribution in [0.2, 0.25) is 0 Å². The first-order valence-corrected chi connectivity index (χ1v) is 9.31. The molecule has 1 aromatic heterocycles. The fourth-order valence-electron chi connectivity index (χ4n) is 3.29. The molecule has 0 atom stereocenters. The van der Waals surface area contributed by atoms with Crippen LogP contribution < -0.4 is 0 Å². The Balaban J connectivity index is 1.83. The van der Waals surface area contributed by atoms with Gasteiger partial charge in [0, 0.05) is 18.5 Å². The van der Waals surface area contributed by atoms with Crippen molar-refractivity contribution in [1.29, 1.82) is 0 Å². The summed E-state index contributed by atoms with van der Waals surface area (Å²) < 4.78 is 0. The summed E-state index contributed by atoms with van der Waals surface area (Å²) in [4.78, 5) is 18.8. The number of amides is 1. The third-order valence-electron chi connectivity index (χ3n) is 4.19. The molecule has 0 bridgehead atoms. The van der Waals surface area contributed by atoms with E-state index in [-0.39, 0.29) is 18.0 Å². The topological polar surface area (TPSA) is 61.9 Å². The zero-order valence-electron chi connectivity index (χ0n) is 14.1. The molecule has 1 aliphatic rings. The highest BCUT2D eigenvalue weighted by Gasteiger charge is 2.21. The highest BCUT2D eigenvalue weighted by Crippen LogP contribution is 2.27. The Bertz CT molecular complexity index is 472. The lowest BCUT2D eigenvalue weighted by molar-refractivity contribution is -0.131. The number of aromatic nitrogens is 3. The van der Waals surface area contributed by atoms with Gasteiger partial charge >= 0.3 is 0 Å². The van der Waals surface area contributed by atoms with Crippen molar-refractivity contribution in [2.24, 2.45) is 5.92 Å². The maximum absolute atomic E-state index is 12.3. The molecule has 5 nitrogen and oxygen atoms in total. The van der Waals surface area contributed by atoms with Crippen molar-refractivity contribution in [3.63, 3.8) is 0 Å². The Hall–Kier alpha value is -1.04. The molecule has 1 fully saturated rings. The summed E-state index contributed by atoms with van der Waals surface area (Å²) in [5, 5.41) is 7.95. The second kappa shape index (κ2) is 7.99. The average Bonchev–Trinajstić information content (AvgIpc) is 3.08. The molecule has 1 saturated carbocycles. The average molecular weight is 324 g/mol. The van der Waals surface area contributed by atoms with Crippen LogP contribution in [0.25, 0.3) is 0 Å². The number of nitrogens with one attached hydrogen (secondary N) is 1. The molecule has 1 aromatic rings. The number of rotatable bonds is 7. The lowest BCUT2D eigenvalue weighted by atomic mass is 10.0. The van der Waals surface area contributed by atoms with Crippen LogP contribution in [0.3, 0.4) is 0 Å². The standard InChI is InChI=1S/C16H28N4OS/c1-11(2)20(12(3)4)15(21)10-22-16-17-14(18-19-16)9-13-7-5-6-8-13/h11-13H,5-10H2,1-4H3,(H,17,18,19). The molecule has 2 rings (SSSR count). The van der Waals surface area contributed by atoms with Gasteiger partial charge in [-0.15, -0.1) is 5.10 Å². The van der Waals surface area contributed by atoms with E-state index in [2.05, 4.69) is 42.9 Å². The smallest absolute Gasteiger partial charge is 0.233 e. The van der Waals surface area contributed by atoms with Crippen molar-refractivity contribution in [3.8, 4) is 0 Å². The largest absolute Gasteiger partial charge is 0.337 e. The van der Waals surface area contributed by atoms with E-state index in [1.54, 1.807) is 0 Å². The van der Waals surface area contributed by atoms with Gasteiger partial charge in [-0.05, 0) is 33.6 Å². The highest BCUT2D eigenvalue weighted by atomic mass is 32.2. The Morgan fingerprint density at radius 3 is 2.50 bits per heavy atom. The minimum atomic E-state index is 0.150. The van der Waals surface area contributed by atoms with Crippen molar-refractivity contribution >= 4 is 17.7 Å². The van der Waals surface area contributed by atoms with Crippen molar-refractivity contribution in [2.45, 2.75) is 77.0 Å². The van der Waals surface area contributed by atoms with Gasteiger partial charge in [0.15, 0.2) is 0 Å². The van der Waals surface area contributed by atoms with Crippen molar-refractivity contribution in [1.82, 2.24) is 20.1 Å². The van der Waals surface area contributed by atoms with Crippen molar-refractivity contribution in [3.05, 3.63) is 5.82 Å². The Morgan fingerprint density at radius 2 is 1.91 bits per heavy atom. The molecule has 1 aliphatic carbocycles. The number of thioether (sulfide) groups is 1. The number of carbonyl (C=O) groups excluding carboxylic acids is 1. The third-order valence-corrected chi connectivity index (χ3v) is 5.03. The van der Waals surface area contributed by atoms with Gasteiger partial charge in [0.2, 0.25) is 11.1 Å². The Labute approximate surface area is 137 Å². The predicted molar refractivity (Wildman–Crippen MR) is 89.9 cm³/mol.